The number of hydrogen-bond acceptors (Lipinski definition) is 3. The molecule has 84 valence electrons. The molecule has 8 heteroatoms. The second-order valence-corrected chi connectivity index (χ2v) is 3.21. The van der Waals surface area contributed by atoms with E-state index in [1.54, 1.807) is 0 Å². The van der Waals surface area contributed by atoms with Crippen LogP contribution in [0.25, 0.3) is 0 Å². The van der Waals surface area contributed by atoms with Gasteiger partial charge in [-0.25, -0.2) is 0 Å². The van der Waals surface area contributed by atoms with Gasteiger partial charge in [-0.2, -0.15) is 4.98 Å². The molecule has 1 rings (SSSR count). The number of ether oxygens (including phenoxy) is 1. The third-order valence-corrected chi connectivity index (χ3v) is 2.20. The van der Waals surface area contributed by atoms with E-state index < -0.39 is 12.2 Å². The summed E-state index contributed by atoms with van der Waals surface area (Å²) in [5, 5.41) is -0.257. The molecule has 15 heavy (non-hydrogen) atoms. The molecule has 0 saturated carbocycles. The third-order valence-electron chi connectivity index (χ3n) is 1.41. The van der Waals surface area contributed by atoms with Crippen molar-refractivity contribution in [1.82, 2.24) is 4.98 Å². The standard InChI is InChI=1S/C7H5Cl2F3N2O/c8-5-3(2-13)1-4(14-6(5)9)15-7(10,11)12/h1H,2,13H2. The Morgan fingerprint density at radius 3 is 2.47 bits per heavy atom. The summed E-state index contributed by atoms with van der Waals surface area (Å²) < 4.78 is 39.1. The van der Waals surface area contributed by atoms with Gasteiger partial charge in [0.15, 0.2) is 5.15 Å². The number of hydrogen-bond donors (Lipinski definition) is 1. The fraction of sp³-hybridized carbons (Fsp3) is 0.286. The van der Waals surface area contributed by atoms with Crippen molar-refractivity contribution in [2.45, 2.75) is 12.9 Å². The molecular weight excluding hydrogens is 256 g/mol. The fourth-order valence-electron chi connectivity index (χ4n) is 0.842. The van der Waals surface area contributed by atoms with Crippen LogP contribution in [0.3, 0.4) is 0 Å². The first-order chi connectivity index (χ1) is 6.83. The zero-order chi connectivity index (χ0) is 11.6. The minimum atomic E-state index is -4.82. The monoisotopic (exact) mass is 260 g/mol. The number of alkyl halides is 3. The van der Waals surface area contributed by atoms with Crippen LogP contribution >= 0.6 is 23.2 Å². The average molecular weight is 261 g/mol. The molecule has 0 aliphatic heterocycles. The predicted molar refractivity (Wildman–Crippen MR) is 48.8 cm³/mol. The molecular formula is C7H5Cl2F3N2O. The molecule has 0 spiro atoms. The van der Waals surface area contributed by atoms with E-state index >= 15 is 0 Å². The van der Waals surface area contributed by atoms with Crippen LogP contribution < -0.4 is 10.5 Å². The van der Waals surface area contributed by atoms with Crippen molar-refractivity contribution in [3.8, 4) is 5.88 Å². The molecule has 0 aliphatic rings. The van der Waals surface area contributed by atoms with Crippen LogP contribution in [-0.4, -0.2) is 11.3 Å². The lowest BCUT2D eigenvalue weighted by Crippen LogP contribution is -2.18. The van der Waals surface area contributed by atoms with Gasteiger partial charge in [-0.15, -0.1) is 13.2 Å². The van der Waals surface area contributed by atoms with Crippen LogP contribution in [0.2, 0.25) is 10.2 Å². The molecule has 1 aromatic heterocycles. The van der Waals surface area contributed by atoms with Crippen molar-refractivity contribution in [3.63, 3.8) is 0 Å². The van der Waals surface area contributed by atoms with Crippen LogP contribution in [0, 0.1) is 0 Å². The summed E-state index contributed by atoms with van der Waals surface area (Å²) in [6, 6.07) is 0.988. The second-order valence-electron chi connectivity index (χ2n) is 2.48. The molecule has 0 amide bonds. The molecule has 0 atom stereocenters. The van der Waals surface area contributed by atoms with E-state index in [9.17, 15) is 13.2 Å². The fourth-order valence-corrected chi connectivity index (χ4v) is 1.22. The Morgan fingerprint density at radius 2 is 2.00 bits per heavy atom. The van der Waals surface area contributed by atoms with Crippen molar-refractivity contribution < 1.29 is 17.9 Å². The lowest BCUT2D eigenvalue weighted by molar-refractivity contribution is -0.276. The van der Waals surface area contributed by atoms with Crippen LogP contribution in [0.5, 0.6) is 5.88 Å². The predicted octanol–water partition coefficient (Wildman–Crippen LogP) is 2.75. The van der Waals surface area contributed by atoms with Gasteiger partial charge in [0.1, 0.15) is 0 Å². The van der Waals surface area contributed by atoms with E-state index in [4.69, 9.17) is 28.9 Å². The van der Waals surface area contributed by atoms with Crippen molar-refractivity contribution in [3.05, 3.63) is 21.8 Å². The molecule has 0 bridgehead atoms. The molecule has 0 unspecified atom stereocenters. The highest BCUT2D eigenvalue weighted by atomic mass is 35.5. The summed E-state index contributed by atoms with van der Waals surface area (Å²) in [5.74, 6) is -0.683. The van der Waals surface area contributed by atoms with Crippen LogP contribution in [0.4, 0.5) is 13.2 Å². The minimum Gasteiger partial charge on any atom is -0.388 e. The molecule has 0 fully saturated rings. The molecule has 2 N–H and O–H groups in total. The Balaban J connectivity index is 3.06. The summed E-state index contributed by atoms with van der Waals surface area (Å²) in [6.07, 6.45) is -4.82. The molecule has 1 aromatic rings. The summed E-state index contributed by atoms with van der Waals surface area (Å²) >= 11 is 11.1. The SMILES string of the molecule is NCc1cc(OC(F)(F)F)nc(Cl)c1Cl. The highest BCUT2D eigenvalue weighted by Crippen LogP contribution is 2.29. The van der Waals surface area contributed by atoms with E-state index in [0.29, 0.717) is 0 Å². The Hall–Kier alpha value is -0.720. The van der Waals surface area contributed by atoms with Crippen LogP contribution in [-0.2, 0) is 6.54 Å². The number of aromatic nitrogens is 1. The third kappa shape index (κ3) is 3.40. The Bertz CT molecular complexity index is 370. The molecule has 1 heterocycles. The van der Waals surface area contributed by atoms with E-state index in [1.807, 2.05) is 0 Å². The molecule has 0 aliphatic carbocycles. The molecule has 3 nitrogen and oxygen atoms in total. The largest absolute Gasteiger partial charge is 0.574 e. The molecule has 0 aromatic carbocycles. The Kier molecular flexibility index (Phi) is 3.64. The second kappa shape index (κ2) is 4.42. The number of nitrogens with zero attached hydrogens (tertiary/aromatic N) is 1. The van der Waals surface area contributed by atoms with Crippen molar-refractivity contribution in [2.24, 2.45) is 5.73 Å². The number of halogens is 5. The Labute approximate surface area is 92.9 Å². The molecule has 0 saturated heterocycles. The first kappa shape index (κ1) is 12.4. The number of rotatable bonds is 2. The van der Waals surface area contributed by atoms with Gasteiger partial charge in [-0.3, -0.25) is 0 Å². The van der Waals surface area contributed by atoms with Crippen LogP contribution in [0.15, 0.2) is 6.07 Å². The van der Waals surface area contributed by atoms with Crippen molar-refractivity contribution in [1.29, 1.82) is 0 Å². The zero-order valence-electron chi connectivity index (χ0n) is 7.11. The van der Waals surface area contributed by atoms with E-state index in [2.05, 4.69) is 9.72 Å². The summed E-state index contributed by atoms with van der Waals surface area (Å²) in [5.41, 5.74) is 5.48. The average Bonchev–Trinajstić information content (AvgIpc) is 2.08. The first-order valence-electron chi connectivity index (χ1n) is 3.64. The van der Waals surface area contributed by atoms with E-state index in [1.165, 1.54) is 0 Å². The van der Waals surface area contributed by atoms with Gasteiger partial charge in [-0.1, -0.05) is 23.2 Å². The van der Waals surface area contributed by atoms with Gasteiger partial charge in [0.25, 0.3) is 0 Å². The maximum atomic E-state index is 11.8. The number of nitrogens with two attached hydrogens (primary N) is 1. The van der Waals surface area contributed by atoms with Crippen LogP contribution in [0.1, 0.15) is 5.56 Å². The van der Waals surface area contributed by atoms with Crippen molar-refractivity contribution in [2.75, 3.05) is 0 Å². The maximum absolute atomic E-state index is 11.8. The zero-order valence-corrected chi connectivity index (χ0v) is 8.62. The van der Waals surface area contributed by atoms with E-state index in [0.717, 1.165) is 6.07 Å². The van der Waals surface area contributed by atoms with E-state index in [-0.39, 0.29) is 22.3 Å². The summed E-state index contributed by atoms with van der Waals surface area (Å²) in [6.45, 7) is -0.0602. The Morgan fingerprint density at radius 1 is 1.40 bits per heavy atom. The van der Waals surface area contributed by atoms with Gasteiger partial charge in [-0.05, 0) is 5.56 Å². The maximum Gasteiger partial charge on any atom is 0.574 e. The smallest absolute Gasteiger partial charge is 0.388 e. The minimum absolute atomic E-state index is 0.0219. The van der Waals surface area contributed by atoms with Gasteiger partial charge < -0.3 is 10.5 Å². The normalized spacial score (nSPS) is 11.6. The van der Waals surface area contributed by atoms with Gasteiger partial charge in [0.2, 0.25) is 5.88 Å². The number of pyridine rings is 1. The highest BCUT2D eigenvalue weighted by Gasteiger charge is 2.32. The topological polar surface area (TPSA) is 48.1 Å². The molecule has 0 radical (unpaired) electrons. The highest BCUT2D eigenvalue weighted by molar-refractivity contribution is 6.41. The summed E-state index contributed by atoms with van der Waals surface area (Å²) in [7, 11) is 0. The quantitative estimate of drug-likeness (QED) is 0.832. The van der Waals surface area contributed by atoms with Gasteiger partial charge in [0, 0.05) is 12.6 Å². The first-order valence-corrected chi connectivity index (χ1v) is 4.40. The lowest BCUT2D eigenvalue weighted by Gasteiger charge is -2.10. The van der Waals surface area contributed by atoms with Gasteiger partial charge in [0.05, 0.1) is 5.02 Å². The van der Waals surface area contributed by atoms with Gasteiger partial charge >= 0.3 is 6.36 Å². The summed E-state index contributed by atoms with van der Waals surface area (Å²) in [4.78, 5) is 3.30. The van der Waals surface area contributed by atoms with Crippen molar-refractivity contribution >= 4 is 23.2 Å². The lowest BCUT2D eigenvalue weighted by atomic mass is 10.3.